The summed E-state index contributed by atoms with van der Waals surface area (Å²) in [5.74, 6) is -0.147. The van der Waals surface area contributed by atoms with Gasteiger partial charge in [0, 0.05) is 18.1 Å². The number of nitrogens with one attached hydrogen (secondary N) is 3. The molecule has 3 N–H and O–H groups in total. The van der Waals surface area contributed by atoms with E-state index in [0.29, 0.717) is 16.7 Å². The largest absolute Gasteiger partial charge is 0.346 e. The molecule has 4 rings (SSSR count). The van der Waals surface area contributed by atoms with E-state index in [1.807, 2.05) is 45.9 Å². The first-order valence-electron chi connectivity index (χ1n) is 8.31. The van der Waals surface area contributed by atoms with Crippen LogP contribution in [0, 0.1) is 0 Å². The van der Waals surface area contributed by atoms with Gasteiger partial charge in [-0.15, -0.1) is 0 Å². The van der Waals surface area contributed by atoms with E-state index in [0.717, 1.165) is 5.56 Å². The van der Waals surface area contributed by atoms with E-state index in [1.54, 1.807) is 29.5 Å². The Morgan fingerprint density at radius 1 is 1.07 bits per heavy atom. The van der Waals surface area contributed by atoms with Crippen molar-refractivity contribution in [3.63, 3.8) is 0 Å². The fraction of sp³-hybridized carbons (Fsp3) is 0.105. The topological polar surface area (TPSA) is 99.8 Å². The van der Waals surface area contributed by atoms with Crippen LogP contribution in [0.4, 0.5) is 5.69 Å². The Morgan fingerprint density at radius 2 is 1.81 bits per heavy atom. The number of nitrogens with zero attached hydrogens (tertiary/aromatic N) is 1. The summed E-state index contributed by atoms with van der Waals surface area (Å²) in [6.07, 6.45) is 4.14. The molecule has 0 spiro atoms. The zero-order valence-electron chi connectivity index (χ0n) is 14.1. The predicted octanol–water partition coefficient (Wildman–Crippen LogP) is 2.70. The summed E-state index contributed by atoms with van der Waals surface area (Å²) in [6.45, 7) is 0. The Kier molecular flexibility index (Phi) is 4.47. The van der Waals surface area contributed by atoms with Gasteiger partial charge in [0.15, 0.2) is 0 Å². The van der Waals surface area contributed by atoms with Crippen LogP contribution in [0.15, 0.2) is 69.1 Å². The minimum Gasteiger partial charge on any atom is -0.346 e. The van der Waals surface area contributed by atoms with Gasteiger partial charge in [0.1, 0.15) is 0 Å². The van der Waals surface area contributed by atoms with Crippen LogP contribution in [0.25, 0.3) is 11.0 Å². The Morgan fingerprint density at radius 3 is 2.52 bits per heavy atom. The molecule has 0 saturated heterocycles. The number of rotatable bonds is 5. The first-order valence-corrected chi connectivity index (χ1v) is 9.25. The minimum absolute atomic E-state index is 0.0946. The second-order valence-corrected chi connectivity index (χ2v) is 6.90. The average Bonchev–Trinajstić information content (AvgIpc) is 3.35. The van der Waals surface area contributed by atoms with Crippen molar-refractivity contribution >= 4 is 34.0 Å². The molecule has 0 bridgehead atoms. The lowest BCUT2D eigenvalue weighted by molar-refractivity contribution is -0.116. The van der Waals surface area contributed by atoms with Gasteiger partial charge in [-0.3, -0.25) is 14.4 Å². The number of carbonyl (C=O) groups excluding carboxylic acids is 1. The summed E-state index contributed by atoms with van der Waals surface area (Å²) in [7, 11) is 0. The molecule has 0 aliphatic rings. The standard InChI is InChI=1S/C19H16N4O3S/c24-17(10-16(12-5-8-27-11-12)23-6-1-2-7-23)20-13-3-4-14-15(9-13)22-19(26)18(25)21-14/h1-9,11,16H,10H2,(H,20,24)(H,21,25)(H,22,26). The molecule has 1 aromatic carbocycles. The maximum atomic E-state index is 12.6. The minimum atomic E-state index is -0.726. The molecule has 27 heavy (non-hydrogen) atoms. The average molecular weight is 380 g/mol. The zero-order chi connectivity index (χ0) is 18.8. The van der Waals surface area contributed by atoms with Gasteiger partial charge in [0.25, 0.3) is 0 Å². The van der Waals surface area contributed by atoms with E-state index in [-0.39, 0.29) is 18.4 Å². The Hall–Kier alpha value is -3.39. The van der Waals surface area contributed by atoms with Crippen molar-refractivity contribution in [3.8, 4) is 0 Å². The molecule has 8 heteroatoms. The summed E-state index contributed by atoms with van der Waals surface area (Å²) in [5.41, 5.74) is 1.15. The van der Waals surface area contributed by atoms with E-state index in [4.69, 9.17) is 0 Å². The summed E-state index contributed by atoms with van der Waals surface area (Å²) in [5, 5.41) is 6.89. The van der Waals surface area contributed by atoms with Crippen LogP contribution in [0.1, 0.15) is 18.0 Å². The lowest BCUT2D eigenvalue weighted by Gasteiger charge is -2.18. The number of thiophene rings is 1. The van der Waals surface area contributed by atoms with Crippen LogP contribution in [0.2, 0.25) is 0 Å². The van der Waals surface area contributed by atoms with Crippen molar-refractivity contribution in [1.82, 2.24) is 14.5 Å². The maximum absolute atomic E-state index is 12.6. The second kappa shape index (κ2) is 7.08. The molecule has 0 aliphatic carbocycles. The van der Waals surface area contributed by atoms with Crippen molar-refractivity contribution in [1.29, 1.82) is 0 Å². The molecule has 3 aromatic heterocycles. The van der Waals surface area contributed by atoms with E-state index < -0.39 is 11.1 Å². The van der Waals surface area contributed by atoms with Crippen LogP contribution in [0.3, 0.4) is 0 Å². The Balaban J connectivity index is 1.56. The highest BCUT2D eigenvalue weighted by Crippen LogP contribution is 2.25. The molecule has 0 aliphatic heterocycles. The second-order valence-electron chi connectivity index (χ2n) is 6.12. The van der Waals surface area contributed by atoms with E-state index in [1.165, 1.54) is 0 Å². The maximum Gasteiger partial charge on any atom is 0.314 e. The van der Waals surface area contributed by atoms with Gasteiger partial charge < -0.3 is 19.9 Å². The normalized spacial score (nSPS) is 12.1. The van der Waals surface area contributed by atoms with Gasteiger partial charge in [-0.2, -0.15) is 11.3 Å². The van der Waals surface area contributed by atoms with E-state index in [9.17, 15) is 14.4 Å². The molecule has 1 atom stereocenters. The highest BCUT2D eigenvalue weighted by Gasteiger charge is 2.18. The van der Waals surface area contributed by atoms with E-state index >= 15 is 0 Å². The molecule has 7 nitrogen and oxygen atoms in total. The number of amides is 1. The molecule has 0 saturated carbocycles. The quantitative estimate of drug-likeness (QED) is 0.464. The van der Waals surface area contributed by atoms with Gasteiger partial charge in [-0.25, -0.2) is 0 Å². The third kappa shape index (κ3) is 3.61. The lowest BCUT2D eigenvalue weighted by Crippen LogP contribution is -2.28. The number of hydrogen-bond acceptors (Lipinski definition) is 4. The Labute approximate surface area is 157 Å². The third-order valence-corrected chi connectivity index (χ3v) is 5.00. The number of anilines is 1. The molecule has 1 unspecified atom stereocenters. The van der Waals surface area contributed by atoms with Gasteiger partial charge >= 0.3 is 11.1 Å². The monoisotopic (exact) mass is 380 g/mol. The molecule has 0 fully saturated rings. The van der Waals surface area contributed by atoms with Gasteiger partial charge in [0.2, 0.25) is 5.91 Å². The van der Waals surface area contributed by atoms with Crippen molar-refractivity contribution in [2.24, 2.45) is 0 Å². The van der Waals surface area contributed by atoms with Crippen molar-refractivity contribution in [2.45, 2.75) is 12.5 Å². The first kappa shape index (κ1) is 17.0. The summed E-state index contributed by atoms with van der Waals surface area (Å²) in [6, 6.07) is 10.7. The molecular formula is C19H16N4O3S. The highest BCUT2D eigenvalue weighted by atomic mass is 32.1. The van der Waals surface area contributed by atoms with E-state index in [2.05, 4.69) is 15.3 Å². The number of hydrogen-bond donors (Lipinski definition) is 3. The summed E-state index contributed by atoms with van der Waals surface area (Å²) >= 11 is 1.59. The van der Waals surface area contributed by atoms with Crippen LogP contribution >= 0.6 is 11.3 Å². The smallest absolute Gasteiger partial charge is 0.314 e. The fourth-order valence-electron chi connectivity index (χ4n) is 3.00. The highest BCUT2D eigenvalue weighted by molar-refractivity contribution is 7.08. The van der Waals surface area contributed by atoms with Crippen molar-refractivity contribution < 1.29 is 4.79 Å². The number of benzene rings is 1. The molecule has 4 aromatic rings. The molecule has 1 amide bonds. The third-order valence-electron chi connectivity index (χ3n) is 4.30. The molecule has 3 heterocycles. The summed E-state index contributed by atoms with van der Waals surface area (Å²) < 4.78 is 2.00. The molecular weight excluding hydrogens is 364 g/mol. The fourth-order valence-corrected chi connectivity index (χ4v) is 3.70. The van der Waals surface area contributed by atoms with Gasteiger partial charge in [0.05, 0.1) is 23.5 Å². The Bertz CT molecular complexity index is 1160. The van der Waals surface area contributed by atoms with Crippen molar-refractivity contribution in [2.75, 3.05) is 5.32 Å². The number of aromatic nitrogens is 3. The summed E-state index contributed by atoms with van der Waals surface area (Å²) in [4.78, 5) is 40.5. The van der Waals surface area contributed by atoms with Crippen LogP contribution in [-0.4, -0.2) is 20.4 Å². The van der Waals surface area contributed by atoms with Gasteiger partial charge in [-0.1, -0.05) is 0 Å². The molecule has 136 valence electrons. The number of carbonyl (C=O) groups is 1. The van der Waals surface area contributed by atoms with Crippen molar-refractivity contribution in [3.05, 3.63) is 85.8 Å². The first-order chi connectivity index (χ1) is 13.1. The lowest BCUT2D eigenvalue weighted by atomic mass is 10.1. The predicted molar refractivity (Wildman–Crippen MR) is 105 cm³/mol. The number of fused-ring (bicyclic) bond motifs is 1. The molecule has 0 radical (unpaired) electrons. The van der Waals surface area contributed by atoms with Crippen LogP contribution in [0.5, 0.6) is 0 Å². The van der Waals surface area contributed by atoms with Crippen LogP contribution in [-0.2, 0) is 4.79 Å². The zero-order valence-corrected chi connectivity index (χ0v) is 15.0. The van der Waals surface area contributed by atoms with Crippen LogP contribution < -0.4 is 16.4 Å². The number of aromatic amines is 2. The number of H-pyrrole nitrogens is 2. The van der Waals surface area contributed by atoms with Gasteiger partial charge in [-0.05, 0) is 52.7 Å². The SMILES string of the molecule is O=C(CC(c1ccsc1)n1cccc1)Nc1ccc2[nH]c(=O)c(=O)[nH]c2c1.